The summed E-state index contributed by atoms with van der Waals surface area (Å²) in [5.74, 6) is -0.529. The van der Waals surface area contributed by atoms with E-state index >= 15 is 0 Å². The molecule has 0 aliphatic carbocycles. The van der Waals surface area contributed by atoms with Crippen LogP contribution in [-0.2, 0) is 15.7 Å². The molecule has 2 aliphatic heterocycles. The molecule has 164 valence electrons. The van der Waals surface area contributed by atoms with Gasteiger partial charge in [0.1, 0.15) is 11.1 Å². The number of nitrogens with one attached hydrogen (secondary N) is 1. The topological polar surface area (TPSA) is 79.0 Å². The Bertz CT molecular complexity index is 848. The summed E-state index contributed by atoms with van der Waals surface area (Å²) in [6, 6.07) is 3.17. The Labute approximate surface area is 172 Å². The normalized spacial score (nSPS) is 22.9. The maximum absolute atomic E-state index is 13.1. The molecule has 2 heterocycles. The largest absolute Gasteiger partial charge is 0.444 e. The van der Waals surface area contributed by atoms with Crippen molar-refractivity contribution in [3.8, 4) is 0 Å². The molecule has 1 aromatic carbocycles. The van der Waals surface area contributed by atoms with Crippen LogP contribution in [0.3, 0.4) is 0 Å². The number of hydrogen-bond acceptors (Lipinski definition) is 4. The van der Waals surface area contributed by atoms with Crippen LogP contribution in [-0.4, -0.2) is 47.2 Å². The zero-order valence-electron chi connectivity index (χ0n) is 17.0. The Hall–Kier alpha value is -2.78. The van der Waals surface area contributed by atoms with Crippen LogP contribution in [0.25, 0.3) is 0 Å². The molecule has 1 aromatic rings. The molecule has 1 atom stereocenters. The second-order valence-corrected chi connectivity index (χ2v) is 8.52. The number of urea groups is 1. The quantitative estimate of drug-likeness (QED) is 0.689. The number of amides is 4. The molecular weight excluding hydrogens is 403 g/mol. The van der Waals surface area contributed by atoms with Gasteiger partial charge in [0.2, 0.25) is 0 Å². The fraction of sp³-hybridized carbons (Fsp3) is 0.550. The van der Waals surface area contributed by atoms with Crippen molar-refractivity contribution in [2.24, 2.45) is 0 Å². The summed E-state index contributed by atoms with van der Waals surface area (Å²) in [7, 11) is 0. The molecule has 4 amide bonds. The van der Waals surface area contributed by atoms with E-state index < -0.39 is 40.9 Å². The van der Waals surface area contributed by atoms with Crippen molar-refractivity contribution in [2.45, 2.75) is 57.3 Å². The SMILES string of the molecule is CC(C)(C)OC(=O)N1CCC[C@@]2(CC1)NC(=O)N(c1ccc(C(F)(F)F)cc1)C2=O. The van der Waals surface area contributed by atoms with E-state index in [0.717, 1.165) is 29.2 Å². The monoisotopic (exact) mass is 427 g/mol. The number of benzene rings is 1. The zero-order chi connectivity index (χ0) is 22.3. The molecule has 7 nitrogen and oxygen atoms in total. The van der Waals surface area contributed by atoms with Crippen LogP contribution in [0, 0.1) is 0 Å². The molecule has 30 heavy (non-hydrogen) atoms. The molecule has 10 heteroatoms. The fourth-order valence-corrected chi connectivity index (χ4v) is 3.64. The number of halogens is 3. The van der Waals surface area contributed by atoms with Crippen molar-refractivity contribution >= 4 is 23.7 Å². The second-order valence-electron chi connectivity index (χ2n) is 8.52. The third-order valence-electron chi connectivity index (χ3n) is 5.11. The lowest BCUT2D eigenvalue weighted by Gasteiger charge is -2.27. The number of hydrogen-bond donors (Lipinski definition) is 1. The van der Waals surface area contributed by atoms with Crippen LogP contribution in [0.5, 0.6) is 0 Å². The van der Waals surface area contributed by atoms with Gasteiger partial charge in [0, 0.05) is 13.1 Å². The van der Waals surface area contributed by atoms with Gasteiger partial charge in [-0.3, -0.25) is 4.79 Å². The first-order chi connectivity index (χ1) is 13.8. The predicted octanol–water partition coefficient (Wildman–Crippen LogP) is 3.92. The minimum atomic E-state index is -4.51. The number of ether oxygens (including phenoxy) is 1. The fourth-order valence-electron chi connectivity index (χ4n) is 3.64. The van der Waals surface area contributed by atoms with Gasteiger partial charge in [0.25, 0.3) is 5.91 Å². The highest BCUT2D eigenvalue weighted by molar-refractivity contribution is 6.23. The lowest BCUT2D eigenvalue weighted by molar-refractivity contribution is -0.137. The molecule has 0 bridgehead atoms. The van der Waals surface area contributed by atoms with Crippen LogP contribution < -0.4 is 10.2 Å². The average Bonchev–Trinajstić information content (AvgIpc) is 2.76. The first-order valence-electron chi connectivity index (χ1n) is 9.64. The minimum Gasteiger partial charge on any atom is -0.444 e. The summed E-state index contributed by atoms with van der Waals surface area (Å²) in [6.07, 6.45) is -4.03. The van der Waals surface area contributed by atoms with E-state index in [4.69, 9.17) is 4.74 Å². The van der Waals surface area contributed by atoms with Gasteiger partial charge in [-0.25, -0.2) is 14.5 Å². The Kier molecular flexibility index (Phi) is 5.46. The number of carbonyl (C=O) groups excluding carboxylic acids is 3. The van der Waals surface area contributed by atoms with Gasteiger partial charge in [0.15, 0.2) is 0 Å². The first kappa shape index (κ1) is 21.9. The van der Waals surface area contributed by atoms with E-state index in [1.165, 1.54) is 4.90 Å². The molecule has 3 rings (SSSR count). The van der Waals surface area contributed by atoms with Crippen LogP contribution in [0.4, 0.5) is 28.4 Å². The summed E-state index contributed by atoms with van der Waals surface area (Å²) < 4.78 is 43.7. The van der Waals surface area contributed by atoms with Gasteiger partial charge in [-0.05, 0) is 64.3 Å². The van der Waals surface area contributed by atoms with Crippen molar-refractivity contribution in [3.63, 3.8) is 0 Å². The van der Waals surface area contributed by atoms with Crippen molar-refractivity contribution < 1.29 is 32.3 Å². The summed E-state index contributed by atoms with van der Waals surface area (Å²) in [4.78, 5) is 40.3. The van der Waals surface area contributed by atoms with Crippen LogP contribution in [0.15, 0.2) is 24.3 Å². The lowest BCUT2D eigenvalue weighted by atomic mass is 9.90. The number of imide groups is 1. The number of nitrogens with zero attached hydrogens (tertiary/aromatic N) is 2. The van der Waals surface area contributed by atoms with E-state index in [0.29, 0.717) is 19.4 Å². The molecule has 0 saturated carbocycles. The van der Waals surface area contributed by atoms with E-state index in [1.807, 2.05) is 0 Å². The van der Waals surface area contributed by atoms with Crippen molar-refractivity contribution in [3.05, 3.63) is 29.8 Å². The third-order valence-corrected chi connectivity index (χ3v) is 5.11. The van der Waals surface area contributed by atoms with Gasteiger partial charge in [-0.15, -0.1) is 0 Å². The van der Waals surface area contributed by atoms with Gasteiger partial charge >= 0.3 is 18.3 Å². The highest BCUT2D eigenvalue weighted by Gasteiger charge is 2.52. The summed E-state index contributed by atoms with van der Waals surface area (Å²) in [5, 5.41) is 2.70. The van der Waals surface area contributed by atoms with E-state index in [1.54, 1.807) is 20.8 Å². The number of rotatable bonds is 1. The molecule has 1 spiro atoms. The predicted molar refractivity (Wildman–Crippen MR) is 102 cm³/mol. The van der Waals surface area contributed by atoms with Crippen molar-refractivity contribution in [2.75, 3.05) is 18.0 Å². The number of anilines is 1. The standard InChI is InChI=1S/C20H24F3N3O4/c1-18(2,3)30-17(29)25-11-4-9-19(10-12-25)15(27)26(16(28)24-19)14-7-5-13(6-8-14)20(21,22)23/h5-8H,4,9-12H2,1-3H3,(H,24,28)/t19-/m0/s1. The van der Waals surface area contributed by atoms with Crippen LogP contribution in [0.2, 0.25) is 0 Å². The maximum atomic E-state index is 13.1. The average molecular weight is 427 g/mol. The number of likely N-dealkylation sites (tertiary alicyclic amines) is 1. The van der Waals surface area contributed by atoms with Crippen molar-refractivity contribution in [1.82, 2.24) is 10.2 Å². The van der Waals surface area contributed by atoms with Crippen LogP contribution in [0.1, 0.15) is 45.6 Å². The molecule has 2 fully saturated rings. The van der Waals surface area contributed by atoms with Gasteiger partial charge in [-0.1, -0.05) is 0 Å². The van der Waals surface area contributed by atoms with Gasteiger partial charge < -0.3 is 15.0 Å². The number of carbonyl (C=O) groups is 3. The Balaban J connectivity index is 1.76. The maximum Gasteiger partial charge on any atom is 0.416 e. The van der Waals surface area contributed by atoms with Crippen LogP contribution >= 0.6 is 0 Å². The summed E-state index contributed by atoms with van der Waals surface area (Å²) in [6.45, 7) is 5.86. The Morgan fingerprint density at radius 3 is 2.27 bits per heavy atom. The first-order valence-corrected chi connectivity index (χ1v) is 9.64. The molecule has 1 N–H and O–H groups in total. The highest BCUT2D eigenvalue weighted by Crippen LogP contribution is 2.35. The molecule has 2 aliphatic rings. The Morgan fingerprint density at radius 2 is 1.70 bits per heavy atom. The van der Waals surface area contributed by atoms with Gasteiger partial charge in [-0.2, -0.15) is 13.2 Å². The molecule has 2 saturated heterocycles. The molecular formula is C20H24F3N3O4. The third kappa shape index (κ3) is 4.36. The molecule has 0 unspecified atom stereocenters. The summed E-state index contributed by atoms with van der Waals surface area (Å²) >= 11 is 0. The number of alkyl halides is 3. The van der Waals surface area contributed by atoms with E-state index in [2.05, 4.69) is 5.32 Å². The highest BCUT2D eigenvalue weighted by atomic mass is 19.4. The summed E-state index contributed by atoms with van der Waals surface area (Å²) in [5.41, 5.74) is -2.65. The van der Waals surface area contributed by atoms with E-state index in [9.17, 15) is 27.6 Å². The van der Waals surface area contributed by atoms with Gasteiger partial charge in [0.05, 0.1) is 11.3 Å². The zero-order valence-corrected chi connectivity index (χ0v) is 17.0. The minimum absolute atomic E-state index is 0.0654. The Morgan fingerprint density at radius 1 is 1.07 bits per heavy atom. The second kappa shape index (κ2) is 7.48. The molecule has 0 radical (unpaired) electrons. The smallest absolute Gasteiger partial charge is 0.416 e. The molecule has 0 aromatic heterocycles. The van der Waals surface area contributed by atoms with Crippen molar-refractivity contribution in [1.29, 1.82) is 0 Å². The lowest BCUT2D eigenvalue weighted by Crippen LogP contribution is -2.48. The van der Waals surface area contributed by atoms with E-state index in [-0.39, 0.29) is 18.7 Å².